The fraction of sp³-hybridized carbons (Fsp3) is 0.462. The third kappa shape index (κ3) is 3.35. The largest absolute Gasteiger partial charge is 0.478 e. The maximum atomic E-state index is 13.7. The van der Waals surface area contributed by atoms with Gasteiger partial charge in [-0.1, -0.05) is 19.8 Å². The standard InChI is InChI=1S/C13H19FN2O2/c1-3-4-5-6-16(2)12-7-9(13(17)18)11(15)8-10(12)14/h7-8H,3-6,15H2,1-2H3,(H,17,18). The third-order valence-electron chi connectivity index (χ3n) is 2.86. The molecule has 0 saturated carbocycles. The molecule has 3 N–H and O–H groups in total. The Bertz CT molecular complexity index is 435. The molecule has 5 heteroatoms. The van der Waals surface area contributed by atoms with Crippen molar-refractivity contribution in [3.63, 3.8) is 0 Å². The van der Waals surface area contributed by atoms with Gasteiger partial charge in [-0.25, -0.2) is 9.18 Å². The highest BCUT2D eigenvalue weighted by molar-refractivity contribution is 5.94. The summed E-state index contributed by atoms with van der Waals surface area (Å²) in [5.74, 6) is -1.63. The first-order chi connectivity index (χ1) is 8.47. The SMILES string of the molecule is CCCCCN(C)c1cc(C(=O)O)c(N)cc1F. The van der Waals surface area contributed by atoms with E-state index in [2.05, 4.69) is 6.92 Å². The van der Waals surface area contributed by atoms with E-state index in [1.807, 2.05) is 0 Å². The lowest BCUT2D eigenvalue weighted by Crippen LogP contribution is -2.20. The lowest BCUT2D eigenvalue weighted by molar-refractivity contribution is 0.0698. The highest BCUT2D eigenvalue weighted by Gasteiger charge is 2.15. The van der Waals surface area contributed by atoms with Crippen LogP contribution in [-0.4, -0.2) is 24.7 Å². The molecule has 0 heterocycles. The zero-order valence-corrected chi connectivity index (χ0v) is 10.7. The molecule has 0 radical (unpaired) electrons. The van der Waals surface area contributed by atoms with Crippen LogP contribution in [0.2, 0.25) is 0 Å². The first kappa shape index (κ1) is 14.3. The second kappa shape index (κ2) is 6.23. The number of aromatic carboxylic acids is 1. The predicted molar refractivity (Wildman–Crippen MR) is 70.6 cm³/mol. The van der Waals surface area contributed by atoms with E-state index >= 15 is 0 Å². The first-order valence-corrected chi connectivity index (χ1v) is 6.00. The number of unbranched alkanes of at least 4 members (excludes halogenated alkanes) is 2. The second-order valence-electron chi connectivity index (χ2n) is 4.32. The maximum absolute atomic E-state index is 13.7. The number of benzene rings is 1. The van der Waals surface area contributed by atoms with E-state index in [-0.39, 0.29) is 16.9 Å². The number of hydrogen-bond donors (Lipinski definition) is 2. The second-order valence-corrected chi connectivity index (χ2v) is 4.32. The fourth-order valence-electron chi connectivity index (χ4n) is 1.77. The minimum Gasteiger partial charge on any atom is -0.478 e. The van der Waals surface area contributed by atoms with Crippen LogP contribution >= 0.6 is 0 Å². The van der Waals surface area contributed by atoms with Gasteiger partial charge < -0.3 is 15.7 Å². The Hall–Kier alpha value is -1.78. The van der Waals surface area contributed by atoms with Crippen molar-refractivity contribution in [2.75, 3.05) is 24.2 Å². The number of carbonyl (C=O) groups is 1. The molecule has 100 valence electrons. The van der Waals surface area contributed by atoms with Gasteiger partial charge in [0.1, 0.15) is 5.82 Å². The topological polar surface area (TPSA) is 66.6 Å². The first-order valence-electron chi connectivity index (χ1n) is 6.00. The van der Waals surface area contributed by atoms with Crippen molar-refractivity contribution in [1.29, 1.82) is 0 Å². The number of carboxylic acid groups (broad SMARTS) is 1. The average molecular weight is 254 g/mol. The van der Waals surface area contributed by atoms with Gasteiger partial charge in [0.05, 0.1) is 11.3 Å². The van der Waals surface area contributed by atoms with E-state index in [1.54, 1.807) is 11.9 Å². The molecular weight excluding hydrogens is 235 g/mol. The van der Waals surface area contributed by atoms with Gasteiger partial charge in [0.15, 0.2) is 0 Å². The van der Waals surface area contributed by atoms with Crippen LogP contribution < -0.4 is 10.6 Å². The molecule has 0 spiro atoms. The number of rotatable bonds is 6. The van der Waals surface area contributed by atoms with Gasteiger partial charge in [-0.05, 0) is 18.6 Å². The van der Waals surface area contributed by atoms with Gasteiger partial charge >= 0.3 is 5.97 Å². The Morgan fingerprint density at radius 3 is 2.67 bits per heavy atom. The number of halogens is 1. The minimum absolute atomic E-state index is 0.0503. The summed E-state index contributed by atoms with van der Waals surface area (Å²) < 4.78 is 13.7. The van der Waals surface area contributed by atoms with Crippen molar-refractivity contribution < 1.29 is 14.3 Å². The summed E-state index contributed by atoms with van der Waals surface area (Å²) in [5, 5.41) is 8.96. The molecule has 0 aliphatic heterocycles. The molecule has 0 amide bonds. The zero-order valence-electron chi connectivity index (χ0n) is 10.7. The maximum Gasteiger partial charge on any atom is 0.337 e. The summed E-state index contributed by atoms with van der Waals surface area (Å²) in [6, 6.07) is 2.36. The summed E-state index contributed by atoms with van der Waals surface area (Å²) in [4.78, 5) is 12.7. The average Bonchev–Trinajstić information content (AvgIpc) is 2.28. The Morgan fingerprint density at radius 2 is 2.11 bits per heavy atom. The quantitative estimate of drug-likeness (QED) is 0.605. The summed E-state index contributed by atoms with van der Waals surface area (Å²) >= 11 is 0. The van der Waals surface area contributed by atoms with Crippen LogP contribution in [0.25, 0.3) is 0 Å². The molecule has 0 bridgehead atoms. The van der Waals surface area contributed by atoms with Gasteiger partial charge in [0.2, 0.25) is 0 Å². The number of hydrogen-bond acceptors (Lipinski definition) is 3. The van der Waals surface area contributed by atoms with Crippen molar-refractivity contribution in [3.8, 4) is 0 Å². The smallest absolute Gasteiger partial charge is 0.337 e. The summed E-state index contributed by atoms with van der Waals surface area (Å²) in [5.41, 5.74) is 5.64. The molecule has 1 aromatic rings. The Morgan fingerprint density at radius 1 is 1.44 bits per heavy atom. The van der Waals surface area contributed by atoms with Crippen LogP contribution in [0.1, 0.15) is 36.5 Å². The molecule has 4 nitrogen and oxygen atoms in total. The Labute approximate surface area is 106 Å². The van der Waals surface area contributed by atoms with E-state index in [0.29, 0.717) is 6.54 Å². The molecule has 0 aliphatic carbocycles. The van der Waals surface area contributed by atoms with Gasteiger partial charge in [0, 0.05) is 19.3 Å². The van der Waals surface area contributed by atoms with Crippen molar-refractivity contribution in [1.82, 2.24) is 0 Å². The van der Waals surface area contributed by atoms with Crippen LogP contribution in [0.15, 0.2) is 12.1 Å². The molecular formula is C13H19FN2O2. The van der Waals surface area contributed by atoms with Crippen LogP contribution in [-0.2, 0) is 0 Å². The lowest BCUT2D eigenvalue weighted by atomic mass is 10.1. The molecule has 1 rings (SSSR count). The van der Waals surface area contributed by atoms with Crippen LogP contribution in [0.4, 0.5) is 15.8 Å². The van der Waals surface area contributed by atoms with Crippen molar-refractivity contribution >= 4 is 17.3 Å². The number of nitrogens with two attached hydrogens (primary N) is 1. The zero-order chi connectivity index (χ0) is 13.7. The molecule has 1 aromatic carbocycles. The van der Waals surface area contributed by atoms with Crippen LogP contribution in [0.3, 0.4) is 0 Å². The number of nitrogens with zero attached hydrogens (tertiary/aromatic N) is 1. The molecule has 18 heavy (non-hydrogen) atoms. The lowest BCUT2D eigenvalue weighted by Gasteiger charge is -2.20. The molecule has 0 unspecified atom stereocenters. The van der Waals surface area contributed by atoms with E-state index < -0.39 is 11.8 Å². The molecule has 0 atom stereocenters. The number of nitrogen functional groups attached to an aromatic ring is 1. The van der Waals surface area contributed by atoms with E-state index in [1.165, 1.54) is 6.07 Å². The van der Waals surface area contributed by atoms with Gasteiger partial charge in [0.25, 0.3) is 0 Å². The van der Waals surface area contributed by atoms with E-state index in [9.17, 15) is 9.18 Å². The highest BCUT2D eigenvalue weighted by atomic mass is 19.1. The van der Waals surface area contributed by atoms with Crippen LogP contribution in [0.5, 0.6) is 0 Å². The van der Waals surface area contributed by atoms with E-state index in [0.717, 1.165) is 25.3 Å². The summed E-state index contributed by atoms with van der Waals surface area (Å²) in [6.07, 6.45) is 3.09. The van der Waals surface area contributed by atoms with Crippen LogP contribution in [0, 0.1) is 5.82 Å². The molecule has 0 aliphatic rings. The van der Waals surface area contributed by atoms with Gasteiger partial charge in [-0.3, -0.25) is 0 Å². The molecule has 0 saturated heterocycles. The summed E-state index contributed by atoms with van der Waals surface area (Å²) in [7, 11) is 1.75. The van der Waals surface area contributed by atoms with Gasteiger partial charge in [-0.2, -0.15) is 0 Å². The fourth-order valence-corrected chi connectivity index (χ4v) is 1.77. The van der Waals surface area contributed by atoms with Gasteiger partial charge in [-0.15, -0.1) is 0 Å². The van der Waals surface area contributed by atoms with Crippen molar-refractivity contribution in [2.45, 2.75) is 26.2 Å². The van der Waals surface area contributed by atoms with Crippen molar-refractivity contribution in [3.05, 3.63) is 23.5 Å². The Balaban J connectivity index is 2.93. The molecule has 0 fully saturated rings. The minimum atomic E-state index is -1.14. The highest BCUT2D eigenvalue weighted by Crippen LogP contribution is 2.25. The third-order valence-corrected chi connectivity index (χ3v) is 2.86. The van der Waals surface area contributed by atoms with Crippen molar-refractivity contribution in [2.24, 2.45) is 0 Å². The molecule has 0 aromatic heterocycles. The number of carboxylic acids is 1. The number of anilines is 2. The predicted octanol–water partition coefficient (Wildman–Crippen LogP) is 2.73. The summed E-state index contributed by atoms with van der Waals surface area (Å²) in [6.45, 7) is 2.78. The Kier molecular flexibility index (Phi) is 4.95. The monoisotopic (exact) mass is 254 g/mol. The van der Waals surface area contributed by atoms with E-state index in [4.69, 9.17) is 10.8 Å². The normalized spacial score (nSPS) is 10.4.